The zero-order valence-electron chi connectivity index (χ0n) is 12.8. The standard InChI is InChI=1S/C16H29N2OP/c1-3-6-12(4-2)13-9-15(16(19)10-13)18-8-5-7-14(11-18)17-20/h3-4,6,13-17,19H,5,7-11,20H2,1-2H3/b6-3-,12-4+/t13-,14?,15+,16+/m1/s1. The zero-order chi connectivity index (χ0) is 14.5. The Labute approximate surface area is 125 Å². The van der Waals surface area contributed by atoms with Gasteiger partial charge in [-0.25, -0.2) is 0 Å². The van der Waals surface area contributed by atoms with Gasteiger partial charge in [0.1, 0.15) is 0 Å². The van der Waals surface area contributed by atoms with Crippen LogP contribution in [0.2, 0.25) is 0 Å². The molecule has 0 aromatic carbocycles. The minimum Gasteiger partial charge on any atom is -0.391 e. The van der Waals surface area contributed by atoms with Gasteiger partial charge in [0.15, 0.2) is 0 Å². The molecule has 2 unspecified atom stereocenters. The van der Waals surface area contributed by atoms with E-state index in [1.54, 1.807) is 0 Å². The fourth-order valence-corrected chi connectivity index (χ4v) is 4.03. The Balaban J connectivity index is 2.00. The predicted molar refractivity (Wildman–Crippen MR) is 88.5 cm³/mol. The van der Waals surface area contributed by atoms with Crippen LogP contribution in [0.15, 0.2) is 23.8 Å². The molecular weight excluding hydrogens is 267 g/mol. The first-order valence-electron chi connectivity index (χ1n) is 7.86. The molecule has 3 nitrogen and oxygen atoms in total. The summed E-state index contributed by atoms with van der Waals surface area (Å²) in [5, 5.41) is 13.8. The molecule has 1 heterocycles. The van der Waals surface area contributed by atoms with E-state index in [-0.39, 0.29) is 6.10 Å². The van der Waals surface area contributed by atoms with Gasteiger partial charge >= 0.3 is 0 Å². The van der Waals surface area contributed by atoms with Crippen molar-refractivity contribution in [3.8, 4) is 0 Å². The predicted octanol–water partition coefficient (Wildman–Crippen LogP) is 2.49. The number of rotatable bonds is 4. The van der Waals surface area contributed by atoms with Crippen molar-refractivity contribution >= 4 is 9.39 Å². The number of aliphatic hydroxyl groups excluding tert-OH is 1. The van der Waals surface area contributed by atoms with Crippen molar-refractivity contribution in [2.75, 3.05) is 13.1 Å². The molecule has 0 aromatic rings. The molecule has 1 aliphatic heterocycles. The van der Waals surface area contributed by atoms with E-state index in [2.05, 4.69) is 51.5 Å². The molecule has 1 aliphatic carbocycles. The number of nitrogens with one attached hydrogen (secondary N) is 1. The van der Waals surface area contributed by atoms with Gasteiger partial charge in [0, 0.05) is 18.6 Å². The highest BCUT2D eigenvalue weighted by molar-refractivity contribution is 7.13. The van der Waals surface area contributed by atoms with E-state index in [1.165, 1.54) is 18.4 Å². The molecule has 2 rings (SSSR count). The summed E-state index contributed by atoms with van der Waals surface area (Å²) in [7, 11) is 2.64. The molecule has 0 spiro atoms. The van der Waals surface area contributed by atoms with Gasteiger partial charge in [-0.2, -0.15) is 0 Å². The van der Waals surface area contributed by atoms with E-state index < -0.39 is 0 Å². The summed E-state index contributed by atoms with van der Waals surface area (Å²) in [4.78, 5) is 2.50. The van der Waals surface area contributed by atoms with Gasteiger partial charge < -0.3 is 5.11 Å². The number of piperidine rings is 1. The smallest absolute Gasteiger partial charge is 0.0701 e. The third kappa shape index (κ3) is 3.71. The molecule has 0 radical (unpaired) electrons. The van der Waals surface area contributed by atoms with Crippen LogP contribution in [0, 0.1) is 5.92 Å². The van der Waals surface area contributed by atoms with Gasteiger partial charge in [-0.05, 0) is 57.6 Å². The van der Waals surface area contributed by atoms with Gasteiger partial charge in [-0.15, -0.1) is 0 Å². The Morgan fingerprint density at radius 1 is 1.35 bits per heavy atom. The van der Waals surface area contributed by atoms with Gasteiger partial charge in [0.25, 0.3) is 0 Å². The summed E-state index contributed by atoms with van der Waals surface area (Å²) in [6.07, 6.45) is 10.8. The molecule has 2 fully saturated rings. The van der Waals surface area contributed by atoms with Crippen molar-refractivity contribution in [1.29, 1.82) is 0 Å². The summed E-state index contributed by atoms with van der Waals surface area (Å²) >= 11 is 0. The van der Waals surface area contributed by atoms with Gasteiger partial charge in [0.2, 0.25) is 0 Å². The van der Waals surface area contributed by atoms with Crippen LogP contribution in [0.25, 0.3) is 0 Å². The summed E-state index contributed by atoms with van der Waals surface area (Å²) in [6.45, 7) is 6.36. The molecule has 4 heteroatoms. The molecule has 0 aromatic heterocycles. The lowest BCUT2D eigenvalue weighted by atomic mass is 9.96. The van der Waals surface area contributed by atoms with Crippen LogP contribution in [0.4, 0.5) is 0 Å². The van der Waals surface area contributed by atoms with Crippen molar-refractivity contribution in [3.05, 3.63) is 23.8 Å². The Morgan fingerprint density at radius 2 is 2.15 bits per heavy atom. The fourth-order valence-electron chi connectivity index (χ4n) is 3.76. The van der Waals surface area contributed by atoms with Crippen LogP contribution < -0.4 is 5.09 Å². The molecule has 20 heavy (non-hydrogen) atoms. The average molecular weight is 296 g/mol. The first-order chi connectivity index (χ1) is 9.69. The Hall–Kier alpha value is -0.210. The normalized spacial score (nSPS) is 36.9. The SMILES string of the molecule is C/C=C\C(=C/C)[C@H]1C[C@H](O)[C@@H](N2CCCC(NP)C2)C1. The number of aliphatic hydroxyl groups is 1. The number of likely N-dealkylation sites (tertiary alicyclic amines) is 1. The second-order valence-corrected chi connectivity index (χ2v) is 6.43. The highest BCUT2D eigenvalue weighted by atomic mass is 31.0. The number of hydrogen-bond acceptors (Lipinski definition) is 3. The molecule has 114 valence electrons. The summed E-state index contributed by atoms with van der Waals surface area (Å²) in [5.74, 6) is 0.514. The Morgan fingerprint density at radius 3 is 2.80 bits per heavy atom. The highest BCUT2D eigenvalue weighted by Crippen LogP contribution is 2.36. The van der Waals surface area contributed by atoms with Crippen LogP contribution in [-0.4, -0.2) is 41.3 Å². The zero-order valence-corrected chi connectivity index (χ0v) is 13.9. The first-order valence-corrected chi connectivity index (χ1v) is 8.44. The third-order valence-electron chi connectivity index (χ3n) is 4.82. The minimum atomic E-state index is -0.177. The third-order valence-corrected chi connectivity index (χ3v) is 5.29. The van der Waals surface area contributed by atoms with E-state index >= 15 is 0 Å². The number of allylic oxidation sites excluding steroid dienone is 4. The summed E-state index contributed by atoms with van der Waals surface area (Å²) in [5.41, 5.74) is 1.38. The molecular formula is C16H29N2OP. The van der Waals surface area contributed by atoms with E-state index in [4.69, 9.17) is 0 Å². The van der Waals surface area contributed by atoms with Crippen molar-refractivity contribution in [1.82, 2.24) is 9.99 Å². The van der Waals surface area contributed by atoms with E-state index in [0.29, 0.717) is 18.0 Å². The maximum absolute atomic E-state index is 10.5. The fraction of sp³-hybridized carbons (Fsp3) is 0.750. The lowest BCUT2D eigenvalue weighted by molar-refractivity contribution is 0.0527. The molecule has 2 aliphatic rings. The topological polar surface area (TPSA) is 35.5 Å². The van der Waals surface area contributed by atoms with E-state index in [0.717, 1.165) is 25.9 Å². The molecule has 0 bridgehead atoms. The molecule has 2 N–H and O–H groups in total. The maximum Gasteiger partial charge on any atom is 0.0701 e. The monoisotopic (exact) mass is 296 g/mol. The largest absolute Gasteiger partial charge is 0.391 e. The summed E-state index contributed by atoms with van der Waals surface area (Å²) < 4.78 is 0. The quantitative estimate of drug-likeness (QED) is 0.618. The van der Waals surface area contributed by atoms with Crippen molar-refractivity contribution in [2.24, 2.45) is 5.92 Å². The molecule has 5 atom stereocenters. The minimum absolute atomic E-state index is 0.177. The lowest BCUT2D eigenvalue weighted by Gasteiger charge is -2.38. The van der Waals surface area contributed by atoms with Crippen LogP contribution in [-0.2, 0) is 0 Å². The molecule has 1 saturated carbocycles. The first kappa shape index (κ1) is 16.2. The van der Waals surface area contributed by atoms with Crippen LogP contribution in [0.1, 0.15) is 39.5 Å². The van der Waals surface area contributed by atoms with E-state index in [9.17, 15) is 5.11 Å². The molecule has 0 amide bonds. The van der Waals surface area contributed by atoms with Gasteiger partial charge in [-0.3, -0.25) is 9.99 Å². The highest BCUT2D eigenvalue weighted by Gasteiger charge is 2.38. The van der Waals surface area contributed by atoms with Gasteiger partial charge in [-0.1, -0.05) is 27.6 Å². The average Bonchev–Trinajstić information content (AvgIpc) is 2.86. The maximum atomic E-state index is 10.5. The second-order valence-electron chi connectivity index (χ2n) is 6.09. The van der Waals surface area contributed by atoms with Crippen molar-refractivity contribution in [2.45, 2.75) is 57.7 Å². The second kappa shape index (κ2) is 7.70. The number of nitrogens with zero attached hydrogens (tertiary/aromatic N) is 1. The lowest BCUT2D eigenvalue weighted by Crippen LogP contribution is -2.50. The van der Waals surface area contributed by atoms with Crippen molar-refractivity contribution in [3.63, 3.8) is 0 Å². The molecule has 1 saturated heterocycles. The van der Waals surface area contributed by atoms with Crippen LogP contribution in [0.5, 0.6) is 0 Å². The Kier molecular flexibility index (Phi) is 6.22. The number of hydrogen-bond donors (Lipinski definition) is 2. The van der Waals surface area contributed by atoms with Crippen LogP contribution >= 0.6 is 9.39 Å². The van der Waals surface area contributed by atoms with Crippen LogP contribution in [0.3, 0.4) is 0 Å². The van der Waals surface area contributed by atoms with Crippen molar-refractivity contribution < 1.29 is 5.11 Å². The van der Waals surface area contributed by atoms with Gasteiger partial charge in [0.05, 0.1) is 6.10 Å². The van der Waals surface area contributed by atoms with E-state index in [1.807, 2.05) is 0 Å². The summed E-state index contributed by atoms with van der Waals surface area (Å²) in [6, 6.07) is 0.887. The Bertz CT molecular complexity index is 369.